The second kappa shape index (κ2) is 36.8. The van der Waals surface area contributed by atoms with Gasteiger partial charge in [0.15, 0.2) is 0 Å². The Morgan fingerprint density at radius 3 is 1.90 bits per heavy atom. The van der Waals surface area contributed by atoms with Crippen LogP contribution in [-0.2, 0) is 47.8 Å². The number of hydrogen-bond donors (Lipinski definition) is 8. The predicted molar refractivity (Wildman–Crippen MR) is 315 cm³/mol. The Balaban J connectivity index is 0.899. The topological polar surface area (TPSA) is 400 Å². The number of hydrogen-bond acceptors (Lipinski definition) is 21. The standard InChI is InChI=1S/C58H79FN14O17/c59-48-7-4-40(33-64-48)55(83)66-46(9-15-67-24-25-73(47(35-67)58(86)87)51(76)36-68-16-18-69(37-52(77)78)20-22-71(39-54(81)82)23-21-70(19-17-68)38-53(79)80)57(85)63-13-28-89-30-29-88-27-10-49(74)62-11-2-26-90-42-5-6-45-44(31-42)43(8-12-61-45)56(84)65-34-50(75)72-14-1-3-41(72)32-60/h4-8,12,31,33,41,46-47H,1-3,9-11,13-30,34-39H2,(H,62,74)(H,63,85)(H,65,84)(H,66,83)(H,77,78)(H,79,80)(H,81,82)(H,86,87)/t41-,46?,47?/m0/s1. The highest BCUT2D eigenvalue weighted by Crippen LogP contribution is 2.24. The Hall–Kier alpha value is -8.58. The number of benzene rings is 1. The molecule has 5 heterocycles. The maximum atomic E-state index is 14.0. The van der Waals surface area contributed by atoms with E-state index in [0.29, 0.717) is 48.1 Å². The number of rotatable bonds is 32. The number of likely N-dealkylation sites (tertiary alicyclic amines) is 1. The van der Waals surface area contributed by atoms with Crippen LogP contribution in [0.15, 0.2) is 48.8 Å². The van der Waals surface area contributed by atoms with Crippen molar-refractivity contribution in [2.75, 3.05) is 164 Å². The van der Waals surface area contributed by atoms with Crippen LogP contribution in [0.3, 0.4) is 0 Å². The molecule has 0 radical (unpaired) electrons. The summed E-state index contributed by atoms with van der Waals surface area (Å²) in [5.74, 6) is -7.89. The number of nitriles is 1. The van der Waals surface area contributed by atoms with E-state index in [-0.39, 0.29) is 181 Å². The molecule has 0 aliphatic carbocycles. The van der Waals surface area contributed by atoms with Crippen LogP contribution in [0.1, 0.15) is 52.8 Å². The number of carbonyl (C=O) groups excluding carboxylic acids is 6. The van der Waals surface area contributed by atoms with E-state index in [4.69, 9.17) is 14.2 Å². The van der Waals surface area contributed by atoms with Crippen molar-refractivity contribution in [2.24, 2.45) is 0 Å². The highest BCUT2D eigenvalue weighted by atomic mass is 19.1. The maximum Gasteiger partial charge on any atom is 0.327 e. The lowest BCUT2D eigenvalue weighted by atomic mass is 10.1. The molecule has 8 N–H and O–H groups in total. The van der Waals surface area contributed by atoms with Gasteiger partial charge >= 0.3 is 23.9 Å². The van der Waals surface area contributed by atoms with Crippen LogP contribution >= 0.6 is 0 Å². The number of nitrogens with zero attached hydrogens (tertiary/aromatic N) is 10. The first-order valence-electron chi connectivity index (χ1n) is 29.7. The zero-order chi connectivity index (χ0) is 65.0. The number of pyridine rings is 2. The third-order valence-corrected chi connectivity index (χ3v) is 15.2. The molecular formula is C58H79FN14O17. The molecule has 490 valence electrons. The van der Waals surface area contributed by atoms with E-state index in [2.05, 4.69) is 37.3 Å². The van der Waals surface area contributed by atoms with Gasteiger partial charge in [-0.2, -0.15) is 9.65 Å². The first kappa shape index (κ1) is 70.5. The molecule has 3 aliphatic rings. The van der Waals surface area contributed by atoms with Gasteiger partial charge < -0.3 is 65.7 Å². The van der Waals surface area contributed by atoms with E-state index in [1.54, 1.807) is 48.8 Å². The number of amides is 6. The number of piperazine rings is 1. The summed E-state index contributed by atoms with van der Waals surface area (Å²) in [6.07, 6.45) is 4.36. The van der Waals surface area contributed by atoms with E-state index >= 15 is 0 Å². The van der Waals surface area contributed by atoms with Crippen LogP contribution in [-0.4, -0.2) is 306 Å². The summed E-state index contributed by atoms with van der Waals surface area (Å²) in [7, 11) is 0. The van der Waals surface area contributed by atoms with Gasteiger partial charge in [0.2, 0.25) is 29.6 Å². The van der Waals surface area contributed by atoms with Gasteiger partial charge in [0, 0.05) is 122 Å². The molecule has 0 saturated carbocycles. The Labute approximate surface area is 518 Å². The normalized spacial score (nSPS) is 17.9. The smallest absolute Gasteiger partial charge is 0.327 e. The average molecular weight is 1260 g/mol. The lowest BCUT2D eigenvalue weighted by molar-refractivity contribution is -0.154. The zero-order valence-electron chi connectivity index (χ0n) is 50.0. The molecule has 1 aromatic carbocycles. The summed E-state index contributed by atoms with van der Waals surface area (Å²) in [5.41, 5.74) is 0.826. The number of carboxylic acid groups (broad SMARTS) is 4. The first-order valence-corrected chi connectivity index (χ1v) is 29.7. The molecule has 6 rings (SSSR count). The third kappa shape index (κ3) is 23.7. The fourth-order valence-corrected chi connectivity index (χ4v) is 10.4. The highest BCUT2D eigenvalue weighted by molar-refractivity contribution is 6.07. The van der Waals surface area contributed by atoms with Crippen molar-refractivity contribution in [3.63, 3.8) is 0 Å². The van der Waals surface area contributed by atoms with E-state index in [9.17, 15) is 78.0 Å². The summed E-state index contributed by atoms with van der Waals surface area (Å²) >= 11 is 0. The second-order valence-corrected chi connectivity index (χ2v) is 21.6. The van der Waals surface area contributed by atoms with Crippen molar-refractivity contribution in [3.8, 4) is 11.8 Å². The lowest BCUT2D eigenvalue weighted by Gasteiger charge is -2.40. The summed E-state index contributed by atoms with van der Waals surface area (Å²) < 4.78 is 30.7. The van der Waals surface area contributed by atoms with Crippen molar-refractivity contribution in [2.45, 2.75) is 50.2 Å². The first-order chi connectivity index (χ1) is 43.3. The number of carbonyl (C=O) groups is 10. The third-order valence-electron chi connectivity index (χ3n) is 15.2. The molecule has 0 bridgehead atoms. The van der Waals surface area contributed by atoms with Crippen molar-refractivity contribution in [1.82, 2.24) is 65.5 Å². The van der Waals surface area contributed by atoms with Gasteiger partial charge in [0.1, 0.15) is 23.9 Å². The SMILES string of the molecule is N#C[C@@H]1CCCN1C(=O)CNC(=O)c1ccnc2ccc(OCCCNC(=O)CCOCCOCCNC(=O)C(CCN3CCN(C(=O)CN4CCN(CC(=O)O)CCN(CC(=O)O)CCN(CC(=O)O)CC4)C(C(=O)O)C3)NC(=O)c3ccc(F)nc3)cc12. The molecule has 3 fully saturated rings. The number of aromatic nitrogens is 2. The van der Waals surface area contributed by atoms with Gasteiger partial charge in [-0.1, -0.05) is 0 Å². The quantitative estimate of drug-likeness (QED) is 0.0241. The van der Waals surface area contributed by atoms with E-state index in [1.165, 1.54) is 22.1 Å². The minimum Gasteiger partial charge on any atom is -0.494 e. The highest BCUT2D eigenvalue weighted by Gasteiger charge is 2.37. The molecule has 2 aromatic heterocycles. The predicted octanol–water partition coefficient (Wildman–Crippen LogP) is -2.30. The molecule has 3 aromatic rings. The van der Waals surface area contributed by atoms with Crippen LogP contribution in [0, 0.1) is 17.3 Å². The molecule has 3 atom stereocenters. The Morgan fingerprint density at radius 1 is 0.656 bits per heavy atom. The molecule has 3 aliphatic heterocycles. The fourth-order valence-electron chi connectivity index (χ4n) is 10.4. The van der Waals surface area contributed by atoms with E-state index in [1.807, 2.05) is 0 Å². The van der Waals surface area contributed by atoms with Gasteiger partial charge in [-0.05, 0) is 62.1 Å². The van der Waals surface area contributed by atoms with Gasteiger partial charge in [0.25, 0.3) is 11.8 Å². The van der Waals surface area contributed by atoms with Crippen LogP contribution in [0.4, 0.5) is 4.39 Å². The van der Waals surface area contributed by atoms with Gasteiger partial charge in [-0.25, -0.2) is 9.78 Å². The number of halogens is 1. The van der Waals surface area contributed by atoms with Crippen LogP contribution in [0.5, 0.6) is 5.75 Å². The number of carboxylic acids is 4. The average Bonchev–Trinajstić information content (AvgIpc) is 1.38. The number of fused-ring (bicyclic) bond motifs is 1. The Bertz CT molecular complexity index is 2960. The zero-order valence-corrected chi connectivity index (χ0v) is 50.0. The van der Waals surface area contributed by atoms with Gasteiger partial charge in [-0.3, -0.25) is 72.6 Å². The number of ether oxygens (including phenoxy) is 3. The second-order valence-electron chi connectivity index (χ2n) is 21.6. The van der Waals surface area contributed by atoms with Gasteiger partial charge in [0.05, 0.1) is 88.5 Å². The Kier molecular flexibility index (Phi) is 28.8. The monoisotopic (exact) mass is 1260 g/mol. The summed E-state index contributed by atoms with van der Waals surface area (Å²) in [4.78, 5) is 146. The van der Waals surface area contributed by atoms with Crippen LogP contribution in [0.2, 0.25) is 0 Å². The molecule has 90 heavy (non-hydrogen) atoms. The molecule has 32 heteroatoms. The maximum absolute atomic E-state index is 14.0. The van der Waals surface area contributed by atoms with Crippen molar-refractivity contribution >= 4 is 70.2 Å². The van der Waals surface area contributed by atoms with Crippen molar-refractivity contribution in [1.29, 1.82) is 5.26 Å². The van der Waals surface area contributed by atoms with Crippen LogP contribution in [0.25, 0.3) is 10.9 Å². The molecule has 0 spiro atoms. The van der Waals surface area contributed by atoms with Gasteiger partial charge in [-0.15, -0.1) is 0 Å². The largest absolute Gasteiger partial charge is 0.494 e. The summed E-state index contributed by atoms with van der Waals surface area (Å²) in [6.45, 7) is 1.25. The molecule has 6 amide bonds. The Morgan fingerprint density at radius 2 is 1.29 bits per heavy atom. The van der Waals surface area contributed by atoms with Crippen molar-refractivity contribution < 1.29 is 87.0 Å². The molecule has 3 saturated heterocycles. The number of aliphatic carboxylic acids is 4. The minimum absolute atomic E-state index is 0.0132. The molecule has 31 nitrogen and oxygen atoms in total. The summed E-state index contributed by atoms with van der Waals surface area (Å²) in [5, 5.41) is 59.7. The van der Waals surface area contributed by atoms with E-state index < -0.39 is 71.6 Å². The minimum atomic E-state index is -1.33. The molecule has 2 unspecified atom stereocenters. The van der Waals surface area contributed by atoms with Crippen LogP contribution < -0.4 is 26.0 Å². The van der Waals surface area contributed by atoms with Crippen molar-refractivity contribution in [3.05, 3.63) is 65.9 Å². The van der Waals surface area contributed by atoms with E-state index in [0.717, 1.165) is 18.7 Å². The molecular weight excluding hydrogens is 1180 g/mol. The summed E-state index contributed by atoms with van der Waals surface area (Å²) in [6, 6.07) is 7.95. The lowest BCUT2D eigenvalue weighted by Crippen LogP contribution is -2.60. The number of nitrogens with one attached hydrogen (secondary N) is 4. The fraction of sp³-hybridized carbons (Fsp3) is 0.569.